The minimum atomic E-state index is 0.212. The van der Waals surface area contributed by atoms with Crippen molar-refractivity contribution in [2.24, 2.45) is 23.7 Å². The van der Waals surface area contributed by atoms with Crippen LogP contribution in [0.1, 0.15) is 70.6 Å². The van der Waals surface area contributed by atoms with E-state index in [1.165, 1.54) is 51.6 Å². The molecule has 0 bridgehead atoms. The molecule has 4 atom stereocenters. The van der Waals surface area contributed by atoms with Gasteiger partial charge in [-0.2, -0.15) is 0 Å². The highest BCUT2D eigenvalue weighted by molar-refractivity contribution is 5.81. The second-order valence-electron chi connectivity index (χ2n) is 10.2. The van der Waals surface area contributed by atoms with E-state index >= 15 is 0 Å². The summed E-state index contributed by atoms with van der Waals surface area (Å²) in [5.74, 6) is 3.01. The predicted molar refractivity (Wildman–Crippen MR) is 109 cm³/mol. The van der Waals surface area contributed by atoms with Crippen LogP contribution in [0, 0.1) is 23.7 Å². The van der Waals surface area contributed by atoms with Gasteiger partial charge >= 0.3 is 0 Å². The van der Waals surface area contributed by atoms with Crippen molar-refractivity contribution >= 4 is 11.8 Å². The van der Waals surface area contributed by atoms with Crippen LogP contribution in [0.4, 0.5) is 0 Å². The highest BCUT2D eigenvalue weighted by Crippen LogP contribution is 2.45. The Bertz CT molecular complexity index is 599. The van der Waals surface area contributed by atoms with E-state index in [2.05, 4.69) is 15.1 Å². The van der Waals surface area contributed by atoms with Gasteiger partial charge in [-0.15, -0.1) is 0 Å². The number of carbonyl (C=O) groups excluding carboxylic acids is 2. The Morgan fingerprint density at radius 3 is 2.50 bits per heavy atom. The van der Waals surface area contributed by atoms with Gasteiger partial charge in [-0.3, -0.25) is 14.5 Å². The molecule has 0 radical (unpaired) electrons. The molecule has 0 aromatic heterocycles. The normalized spacial score (nSPS) is 35.4. The zero-order valence-electron chi connectivity index (χ0n) is 17.3. The maximum atomic E-state index is 13.1. The molecular weight excluding hydrogens is 350 g/mol. The zero-order valence-corrected chi connectivity index (χ0v) is 17.3. The van der Waals surface area contributed by atoms with Crippen LogP contribution in [0.25, 0.3) is 0 Å². The molecule has 0 aromatic carbocycles. The minimum absolute atomic E-state index is 0.212. The van der Waals surface area contributed by atoms with Gasteiger partial charge in [-0.25, -0.2) is 0 Å². The predicted octanol–water partition coefficient (Wildman–Crippen LogP) is 2.79. The summed E-state index contributed by atoms with van der Waals surface area (Å²) in [5, 5.41) is 3.11. The summed E-state index contributed by atoms with van der Waals surface area (Å²) < 4.78 is 0. The molecule has 3 heterocycles. The number of likely N-dealkylation sites (tertiary alicyclic amines) is 1. The number of carbonyl (C=O) groups is 2. The van der Waals surface area contributed by atoms with Crippen molar-refractivity contribution < 1.29 is 9.59 Å². The third-order valence-electron chi connectivity index (χ3n) is 8.07. The fourth-order valence-corrected chi connectivity index (χ4v) is 6.32. The molecule has 1 N–H and O–H groups in total. The van der Waals surface area contributed by atoms with Gasteiger partial charge in [0.05, 0.1) is 0 Å². The lowest BCUT2D eigenvalue weighted by molar-refractivity contribution is -0.147. The van der Waals surface area contributed by atoms with Crippen molar-refractivity contribution in [3.05, 3.63) is 0 Å². The smallest absolute Gasteiger partial charge is 0.225 e. The second-order valence-corrected chi connectivity index (χ2v) is 10.2. The van der Waals surface area contributed by atoms with Crippen molar-refractivity contribution in [3.8, 4) is 0 Å². The first-order valence-electron chi connectivity index (χ1n) is 12.0. The Labute approximate surface area is 169 Å². The molecule has 28 heavy (non-hydrogen) atoms. The molecule has 3 aliphatic heterocycles. The van der Waals surface area contributed by atoms with Gasteiger partial charge in [0.1, 0.15) is 0 Å². The molecule has 156 valence electrons. The van der Waals surface area contributed by atoms with E-state index in [9.17, 15) is 9.59 Å². The van der Waals surface area contributed by atoms with E-state index in [1.807, 2.05) is 0 Å². The Kier molecular flexibility index (Phi) is 5.38. The van der Waals surface area contributed by atoms with Gasteiger partial charge in [-0.05, 0) is 95.1 Å². The molecule has 5 aliphatic rings. The maximum absolute atomic E-state index is 13.1. The van der Waals surface area contributed by atoms with E-state index in [0.29, 0.717) is 42.2 Å². The van der Waals surface area contributed by atoms with Crippen molar-refractivity contribution in [2.45, 2.75) is 82.7 Å². The minimum Gasteiger partial charge on any atom is -0.356 e. The quantitative estimate of drug-likeness (QED) is 0.731. The highest BCUT2D eigenvalue weighted by atomic mass is 16.2. The zero-order chi connectivity index (χ0) is 19.1. The fourth-order valence-electron chi connectivity index (χ4n) is 6.32. The molecule has 2 amide bonds. The van der Waals surface area contributed by atoms with E-state index < -0.39 is 0 Å². The van der Waals surface area contributed by atoms with Crippen molar-refractivity contribution in [1.29, 1.82) is 0 Å². The molecular formula is C23H37N3O2. The molecule has 5 nitrogen and oxygen atoms in total. The maximum Gasteiger partial charge on any atom is 0.225 e. The third kappa shape index (κ3) is 3.96. The highest BCUT2D eigenvalue weighted by Gasteiger charge is 2.50. The lowest BCUT2D eigenvalue weighted by Gasteiger charge is -2.57. The monoisotopic (exact) mass is 387 g/mol. The third-order valence-corrected chi connectivity index (χ3v) is 8.07. The summed E-state index contributed by atoms with van der Waals surface area (Å²) >= 11 is 0. The number of piperidine rings is 3. The van der Waals surface area contributed by atoms with Crippen LogP contribution in [0.5, 0.6) is 0 Å². The Morgan fingerprint density at radius 1 is 0.964 bits per heavy atom. The van der Waals surface area contributed by atoms with E-state index in [4.69, 9.17) is 0 Å². The summed E-state index contributed by atoms with van der Waals surface area (Å²) in [4.78, 5) is 30.4. The van der Waals surface area contributed by atoms with Crippen molar-refractivity contribution in [3.63, 3.8) is 0 Å². The van der Waals surface area contributed by atoms with E-state index in [0.717, 1.165) is 44.7 Å². The number of hydrogen-bond acceptors (Lipinski definition) is 3. The average molecular weight is 388 g/mol. The Morgan fingerprint density at radius 2 is 1.75 bits per heavy atom. The molecule has 0 unspecified atom stereocenters. The summed E-state index contributed by atoms with van der Waals surface area (Å²) in [6, 6.07) is 1.06. The van der Waals surface area contributed by atoms with Gasteiger partial charge in [0, 0.05) is 37.5 Å². The Hall–Kier alpha value is -1.10. The lowest BCUT2D eigenvalue weighted by atomic mass is 9.69. The van der Waals surface area contributed by atoms with Gasteiger partial charge < -0.3 is 10.2 Å². The van der Waals surface area contributed by atoms with Crippen LogP contribution in [-0.4, -0.2) is 59.9 Å². The Balaban J connectivity index is 1.24. The number of amides is 2. The molecule has 5 heteroatoms. The molecule has 3 saturated heterocycles. The molecule has 0 aromatic rings. The van der Waals surface area contributed by atoms with Crippen LogP contribution < -0.4 is 5.32 Å². The first kappa shape index (κ1) is 18.9. The first-order chi connectivity index (χ1) is 13.7. The SMILES string of the molecule is O=C(CCC[C@@H]1[C@H]2CCCN3CCC[C@@H](CN1C(=O)C1CC1)[C@@H]23)NCC1CC1. The molecule has 0 spiro atoms. The molecule has 2 aliphatic carbocycles. The van der Waals surface area contributed by atoms with Crippen LogP contribution in [0.15, 0.2) is 0 Å². The summed E-state index contributed by atoms with van der Waals surface area (Å²) in [7, 11) is 0. The number of nitrogens with one attached hydrogen (secondary N) is 1. The molecule has 2 saturated carbocycles. The van der Waals surface area contributed by atoms with Gasteiger partial charge in [0.2, 0.25) is 11.8 Å². The standard InChI is InChI=1S/C23H37N3O2/c27-21(24-14-16-8-9-16)7-1-6-20-19-5-3-13-25-12-2-4-18(22(19)25)15-26(20)23(28)17-10-11-17/h16-20,22H,1-15H2,(H,24,27)/t18-,19+,20+,22-/m0/s1. The molecule has 5 fully saturated rings. The summed E-state index contributed by atoms with van der Waals surface area (Å²) in [6.07, 6.45) is 12.4. The van der Waals surface area contributed by atoms with Gasteiger partial charge in [0.25, 0.3) is 0 Å². The molecule has 5 rings (SSSR count). The number of nitrogens with zero attached hydrogens (tertiary/aromatic N) is 2. The van der Waals surface area contributed by atoms with Crippen molar-refractivity contribution in [2.75, 3.05) is 26.2 Å². The van der Waals surface area contributed by atoms with Crippen LogP contribution in [-0.2, 0) is 9.59 Å². The second kappa shape index (κ2) is 7.97. The summed E-state index contributed by atoms with van der Waals surface area (Å²) in [6.45, 7) is 4.36. The lowest BCUT2D eigenvalue weighted by Crippen LogP contribution is -2.65. The number of rotatable bonds is 7. The van der Waals surface area contributed by atoms with Crippen molar-refractivity contribution in [1.82, 2.24) is 15.1 Å². The average Bonchev–Trinajstić information content (AvgIpc) is 3.61. The summed E-state index contributed by atoms with van der Waals surface area (Å²) in [5.41, 5.74) is 0. The van der Waals surface area contributed by atoms with Crippen LogP contribution >= 0.6 is 0 Å². The largest absolute Gasteiger partial charge is 0.356 e. The van der Waals surface area contributed by atoms with E-state index in [1.54, 1.807) is 0 Å². The van der Waals surface area contributed by atoms with E-state index in [-0.39, 0.29) is 5.91 Å². The van der Waals surface area contributed by atoms with Gasteiger partial charge in [0.15, 0.2) is 0 Å². The fraction of sp³-hybridized carbons (Fsp3) is 0.913. The van der Waals surface area contributed by atoms with Crippen LogP contribution in [0.3, 0.4) is 0 Å². The van der Waals surface area contributed by atoms with Gasteiger partial charge in [-0.1, -0.05) is 0 Å². The first-order valence-corrected chi connectivity index (χ1v) is 12.0. The van der Waals surface area contributed by atoms with Crippen LogP contribution in [0.2, 0.25) is 0 Å². The topological polar surface area (TPSA) is 52.7 Å². The number of hydrogen-bond donors (Lipinski definition) is 1.